The van der Waals surface area contributed by atoms with Crippen molar-refractivity contribution in [2.75, 3.05) is 25.4 Å². The molecule has 57 heavy (non-hydrogen) atoms. The normalized spacial score (nSPS) is 23.1. The Labute approximate surface area is 340 Å². The summed E-state index contributed by atoms with van der Waals surface area (Å²) in [6.07, 6.45) is 5.56. The van der Waals surface area contributed by atoms with E-state index in [1.165, 1.54) is 16.7 Å². The third-order valence-electron chi connectivity index (χ3n) is 11.3. The Morgan fingerprint density at radius 2 is 1.72 bits per heavy atom. The number of carbonyl (C=O) groups is 7. The quantitative estimate of drug-likeness (QED) is 0.108. The van der Waals surface area contributed by atoms with Gasteiger partial charge in [0.1, 0.15) is 6.04 Å². The molecule has 1 saturated carbocycles. The molecule has 0 spiro atoms. The fourth-order valence-corrected chi connectivity index (χ4v) is 9.16. The van der Waals surface area contributed by atoms with Gasteiger partial charge in [-0.2, -0.15) is 11.8 Å². The molecule has 0 unspecified atom stereocenters. The summed E-state index contributed by atoms with van der Waals surface area (Å²) in [5, 5.41) is 8.65. The van der Waals surface area contributed by atoms with E-state index < -0.39 is 53.1 Å². The summed E-state index contributed by atoms with van der Waals surface area (Å²) < 4.78 is 0. The number of amides is 5. The van der Waals surface area contributed by atoms with E-state index in [2.05, 4.69) is 20.9 Å². The van der Waals surface area contributed by atoms with Gasteiger partial charge in [0.05, 0.1) is 31.0 Å². The van der Waals surface area contributed by atoms with Crippen molar-refractivity contribution in [3.8, 4) is 0 Å². The van der Waals surface area contributed by atoms with E-state index in [0.717, 1.165) is 43.2 Å². The van der Waals surface area contributed by atoms with Gasteiger partial charge in [0.15, 0.2) is 17.5 Å². The highest BCUT2D eigenvalue weighted by atomic mass is 32.2. The average molecular weight is 811 g/mol. The van der Waals surface area contributed by atoms with Crippen molar-refractivity contribution in [2.45, 2.75) is 122 Å². The van der Waals surface area contributed by atoms with E-state index in [0.29, 0.717) is 31.6 Å². The topological polar surface area (TPSA) is 249 Å². The first kappa shape index (κ1) is 45.2. The van der Waals surface area contributed by atoms with Crippen molar-refractivity contribution < 1.29 is 33.6 Å². The summed E-state index contributed by atoms with van der Waals surface area (Å²) in [7, 11) is 0. The Balaban J connectivity index is 1.66. The molecule has 4 rings (SSSR count). The zero-order valence-electron chi connectivity index (χ0n) is 33.7. The predicted molar refractivity (Wildman–Crippen MR) is 219 cm³/mol. The molecule has 2 aliphatic heterocycles. The molecule has 15 nitrogen and oxygen atoms in total. The molecule has 1 aromatic carbocycles. The molecule has 16 heteroatoms. The van der Waals surface area contributed by atoms with Crippen LogP contribution in [0.15, 0.2) is 29.3 Å². The van der Waals surface area contributed by atoms with Gasteiger partial charge in [-0.3, -0.25) is 38.6 Å². The van der Waals surface area contributed by atoms with Crippen LogP contribution in [0.1, 0.15) is 103 Å². The maximum Gasteiger partial charge on any atom is 0.243 e. The molecule has 0 aromatic heterocycles. The van der Waals surface area contributed by atoms with Crippen LogP contribution in [0.3, 0.4) is 0 Å². The molecule has 2 bridgehead atoms. The minimum Gasteiger partial charge on any atom is -0.370 e. The standard InChI is InChI=1S/C41H62N8O7S/c1-41(2,3)29(37(42)54)21-32(50)30(14-8-16-45-40(43)44)47-38(55)28-20-33(51)36(27-12-5-4-6-13-27)48-39(56)31-15-9-17-49(31)35(53)22-46-34(52)19-25-10-7-11-26(18-25)23-57-24-28/h7,10-11,18,27-31,36H,4-6,8-9,12-17,19-24H2,1-3H3,(H2,42,54)(H,46,52)(H,47,55)(H,48,56)(H4,43,44,45)/t28-,29+,30-,31-,36-/m0/s1. The number of thioether (sulfide) groups is 1. The van der Waals surface area contributed by atoms with Gasteiger partial charge in [0, 0.05) is 43.4 Å². The Hall–Kier alpha value is -4.47. The SMILES string of the molecule is CC(C)(C)[C@H](CC(=O)[C@H](CCCN=C(N)N)NC(=O)[C@@H]1CSCc2cccc(c2)CC(=O)NCC(=O)N2CCC[C@H]2C(=O)N[C@@H](C2CCCCC2)C(=O)C1)C(N)=O. The number of guanidine groups is 1. The molecule has 1 aliphatic carbocycles. The summed E-state index contributed by atoms with van der Waals surface area (Å²) in [4.78, 5) is 101. The molecule has 1 saturated heterocycles. The predicted octanol–water partition coefficient (Wildman–Crippen LogP) is 1.87. The third kappa shape index (κ3) is 13.9. The second kappa shape index (κ2) is 21.3. The van der Waals surface area contributed by atoms with Gasteiger partial charge in [-0.25, -0.2) is 0 Å². The largest absolute Gasteiger partial charge is 0.370 e. The van der Waals surface area contributed by atoms with Crippen molar-refractivity contribution in [1.82, 2.24) is 20.9 Å². The number of rotatable bonds is 11. The van der Waals surface area contributed by atoms with Gasteiger partial charge in [-0.1, -0.05) is 64.3 Å². The first-order valence-corrected chi connectivity index (χ1v) is 21.4. The number of aliphatic imine (C=N–C) groups is 1. The lowest BCUT2D eigenvalue weighted by Gasteiger charge is -2.33. The first-order valence-electron chi connectivity index (χ1n) is 20.3. The average Bonchev–Trinajstić information content (AvgIpc) is 3.65. The van der Waals surface area contributed by atoms with Crippen molar-refractivity contribution in [3.05, 3.63) is 35.4 Å². The van der Waals surface area contributed by atoms with E-state index >= 15 is 0 Å². The Morgan fingerprint density at radius 3 is 2.40 bits per heavy atom. The zero-order valence-corrected chi connectivity index (χ0v) is 34.5. The smallest absolute Gasteiger partial charge is 0.243 e. The zero-order chi connectivity index (χ0) is 41.7. The van der Waals surface area contributed by atoms with Crippen LogP contribution in [0.25, 0.3) is 0 Å². The van der Waals surface area contributed by atoms with Gasteiger partial charge in [0.25, 0.3) is 0 Å². The Bertz CT molecular complexity index is 1650. The first-order chi connectivity index (χ1) is 27.0. The lowest BCUT2D eigenvalue weighted by atomic mass is 9.76. The van der Waals surface area contributed by atoms with E-state index in [9.17, 15) is 33.6 Å². The summed E-state index contributed by atoms with van der Waals surface area (Å²) in [6.45, 7) is 5.80. The molecule has 5 amide bonds. The molecular weight excluding hydrogens is 749 g/mol. The second-order valence-corrected chi connectivity index (χ2v) is 17.8. The van der Waals surface area contributed by atoms with Crippen LogP contribution in [0.4, 0.5) is 0 Å². The maximum atomic E-state index is 14.5. The van der Waals surface area contributed by atoms with Crippen LogP contribution < -0.4 is 33.2 Å². The van der Waals surface area contributed by atoms with Crippen LogP contribution in [-0.2, 0) is 45.7 Å². The van der Waals surface area contributed by atoms with Crippen LogP contribution >= 0.6 is 11.8 Å². The number of Topliss-reactive ketones (excluding diaryl/α,β-unsaturated/α-hetero) is 2. The summed E-state index contributed by atoms with van der Waals surface area (Å²) in [6, 6.07) is 4.83. The molecule has 5 atom stereocenters. The van der Waals surface area contributed by atoms with Crippen molar-refractivity contribution in [1.29, 1.82) is 0 Å². The maximum absolute atomic E-state index is 14.5. The van der Waals surface area contributed by atoms with Crippen molar-refractivity contribution in [3.63, 3.8) is 0 Å². The fourth-order valence-electron chi connectivity index (χ4n) is 8.07. The number of hydrogen-bond donors (Lipinski definition) is 6. The molecular formula is C41H62N8O7S. The number of primary amides is 1. The second-order valence-electron chi connectivity index (χ2n) is 16.8. The highest BCUT2D eigenvalue weighted by molar-refractivity contribution is 7.98. The molecule has 3 aliphatic rings. The van der Waals surface area contributed by atoms with Gasteiger partial charge in [-0.15, -0.1) is 0 Å². The van der Waals surface area contributed by atoms with Crippen LogP contribution in [0, 0.1) is 23.2 Å². The van der Waals surface area contributed by atoms with Crippen molar-refractivity contribution in [2.24, 2.45) is 45.4 Å². The summed E-state index contributed by atoms with van der Waals surface area (Å²) in [5.41, 5.74) is 17.8. The Kier molecular flexibility index (Phi) is 16.9. The minimum absolute atomic E-state index is 0.0583. The molecule has 314 valence electrons. The summed E-state index contributed by atoms with van der Waals surface area (Å²) in [5.74, 6) is -4.09. The number of nitrogens with zero attached hydrogens (tertiary/aromatic N) is 2. The lowest BCUT2D eigenvalue weighted by Crippen LogP contribution is -2.55. The van der Waals surface area contributed by atoms with E-state index in [1.807, 2.05) is 45.0 Å². The number of carbonyl (C=O) groups excluding carboxylic acids is 7. The lowest BCUT2D eigenvalue weighted by molar-refractivity contribution is -0.140. The van der Waals surface area contributed by atoms with E-state index in [1.54, 1.807) is 0 Å². The fraction of sp³-hybridized carbons (Fsp3) is 0.659. The monoisotopic (exact) mass is 810 g/mol. The number of benzene rings is 1. The Morgan fingerprint density at radius 1 is 1.00 bits per heavy atom. The molecule has 2 fully saturated rings. The number of nitrogens with two attached hydrogens (primary N) is 3. The minimum atomic E-state index is -1.00. The number of hydrogen-bond acceptors (Lipinski definition) is 9. The molecule has 9 N–H and O–H groups in total. The van der Waals surface area contributed by atoms with Crippen LogP contribution in [-0.4, -0.2) is 95.5 Å². The van der Waals surface area contributed by atoms with Gasteiger partial charge in [-0.05, 0) is 61.0 Å². The number of ketones is 2. The van der Waals surface area contributed by atoms with Crippen LogP contribution in [0.5, 0.6) is 0 Å². The molecule has 2 heterocycles. The third-order valence-corrected chi connectivity index (χ3v) is 12.5. The van der Waals surface area contributed by atoms with E-state index in [-0.39, 0.29) is 79.8 Å². The highest BCUT2D eigenvalue weighted by Crippen LogP contribution is 2.31. The molecule has 0 radical (unpaired) electrons. The highest BCUT2D eigenvalue weighted by Gasteiger charge is 2.40. The molecule has 1 aromatic rings. The number of nitrogens with one attached hydrogen (secondary N) is 3. The van der Waals surface area contributed by atoms with E-state index in [4.69, 9.17) is 17.2 Å². The van der Waals surface area contributed by atoms with Gasteiger partial charge < -0.3 is 38.1 Å². The van der Waals surface area contributed by atoms with Crippen molar-refractivity contribution >= 4 is 58.8 Å². The van der Waals surface area contributed by atoms with Gasteiger partial charge in [0.2, 0.25) is 29.5 Å². The number of fused-ring (bicyclic) bond motifs is 3. The van der Waals surface area contributed by atoms with Crippen LogP contribution in [0.2, 0.25) is 0 Å². The van der Waals surface area contributed by atoms with Gasteiger partial charge >= 0.3 is 0 Å². The summed E-state index contributed by atoms with van der Waals surface area (Å²) >= 11 is 1.45.